The van der Waals surface area contributed by atoms with Crippen LogP contribution < -0.4 is 9.80 Å². The molecular formula is C57H52N4O2. The van der Waals surface area contributed by atoms with Crippen molar-refractivity contribution in [1.82, 2.24) is 9.97 Å². The Bertz CT molecular complexity index is 2890. The third kappa shape index (κ3) is 5.19. The molecule has 0 bridgehead atoms. The molecule has 2 aliphatic heterocycles. The summed E-state index contributed by atoms with van der Waals surface area (Å²) in [7, 11) is 0. The summed E-state index contributed by atoms with van der Waals surface area (Å²) < 4.78 is 14.7. The predicted octanol–water partition coefficient (Wildman–Crippen LogP) is 11.9. The highest BCUT2D eigenvalue weighted by atomic mass is 16.5. The molecule has 2 saturated heterocycles. The molecule has 0 radical (unpaired) electrons. The molecule has 7 aromatic rings. The molecule has 6 heteroatoms. The molecule has 7 aliphatic rings. The molecule has 8 unspecified atom stereocenters. The molecule has 8 atom stereocenters. The third-order valence-electron chi connectivity index (χ3n) is 16.4. The van der Waals surface area contributed by atoms with Gasteiger partial charge in [0.2, 0.25) is 5.95 Å². The van der Waals surface area contributed by atoms with Gasteiger partial charge in [0.15, 0.2) is 0 Å². The molecule has 1 aromatic heterocycles. The quantitative estimate of drug-likeness (QED) is 0.177. The first-order valence-corrected chi connectivity index (χ1v) is 23.9. The largest absolute Gasteiger partial charge is 0.371 e. The number of para-hydroxylation sites is 2. The fourth-order valence-corrected chi connectivity index (χ4v) is 14.0. The SMILES string of the molecule is c1ccc(N2C3CCCCC3OC3CCC4C(OC5CCCCC5N4c4nc(-c5ccc6c(c5)-c5ccccc5C65c6ccccc6-c6ccccc65)c5ccccc5n4)C32)cc1. The number of morpholine rings is 2. The van der Waals surface area contributed by atoms with Crippen molar-refractivity contribution in [3.63, 3.8) is 0 Å². The van der Waals surface area contributed by atoms with Crippen LogP contribution in [0.25, 0.3) is 44.4 Å². The summed E-state index contributed by atoms with van der Waals surface area (Å²) in [6.07, 6.45) is 11.9. The number of hydrogen-bond donors (Lipinski definition) is 0. The second-order valence-electron chi connectivity index (χ2n) is 19.4. The van der Waals surface area contributed by atoms with Gasteiger partial charge < -0.3 is 19.3 Å². The molecule has 1 spiro atoms. The van der Waals surface area contributed by atoms with Crippen molar-refractivity contribution in [2.45, 2.75) is 118 Å². The maximum atomic E-state index is 7.51. The van der Waals surface area contributed by atoms with Gasteiger partial charge in [0, 0.05) is 16.6 Å². The van der Waals surface area contributed by atoms with Crippen molar-refractivity contribution in [1.29, 1.82) is 0 Å². The highest BCUT2D eigenvalue weighted by Crippen LogP contribution is 2.63. The van der Waals surface area contributed by atoms with E-state index in [4.69, 9.17) is 19.4 Å². The van der Waals surface area contributed by atoms with Crippen LogP contribution in [-0.4, -0.2) is 58.6 Å². The zero-order valence-electron chi connectivity index (χ0n) is 35.7. The van der Waals surface area contributed by atoms with E-state index >= 15 is 0 Å². The molecule has 63 heavy (non-hydrogen) atoms. The zero-order chi connectivity index (χ0) is 41.2. The summed E-state index contributed by atoms with van der Waals surface area (Å²) in [4.78, 5) is 16.8. The van der Waals surface area contributed by atoms with E-state index in [0.29, 0.717) is 6.04 Å². The Balaban J connectivity index is 0.922. The Morgan fingerprint density at radius 3 is 1.78 bits per heavy atom. The van der Waals surface area contributed by atoms with Gasteiger partial charge in [0.1, 0.15) is 6.10 Å². The summed E-state index contributed by atoms with van der Waals surface area (Å²) in [6, 6.07) is 55.2. The minimum Gasteiger partial charge on any atom is -0.371 e. The van der Waals surface area contributed by atoms with Crippen molar-refractivity contribution in [2.75, 3.05) is 9.80 Å². The van der Waals surface area contributed by atoms with Crippen LogP contribution >= 0.6 is 0 Å². The average Bonchev–Trinajstić information content (AvgIpc) is 3.82. The molecule has 14 rings (SSSR count). The topological polar surface area (TPSA) is 50.7 Å². The molecule has 0 amide bonds. The third-order valence-corrected chi connectivity index (χ3v) is 16.4. The van der Waals surface area contributed by atoms with Crippen LogP contribution in [0, 0.1) is 0 Å². The Labute approximate surface area is 369 Å². The van der Waals surface area contributed by atoms with Gasteiger partial charge in [-0.05, 0) is 107 Å². The fraction of sp³-hybridized carbons (Fsp3) is 0.333. The lowest BCUT2D eigenvalue weighted by atomic mass is 9.70. The number of ether oxygens (including phenoxy) is 2. The van der Waals surface area contributed by atoms with E-state index in [2.05, 4.69) is 155 Å². The first-order valence-electron chi connectivity index (χ1n) is 23.9. The smallest absolute Gasteiger partial charge is 0.227 e. The Kier molecular flexibility index (Phi) is 8.20. The van der Waals surface area contributed by atoms with Gasteiger partial charge in [-0.15, -0.1) is 0 Å². The molecule has 6 nitrogen and oxygen atoms in total. The highest BCUT2D eigenvalue weighted by molar-refractivity contribution is 5.98. The first kappa shape index (κ1) is 36.6. The normalized spacial score (nSPS) is 28.3. The van der Waals surface area contributed by atoms with Crippen LogP contribution in [-0.2, 0) is 14.9 Å². The Morgan fingerprint density at radius 1 is 0.460 bits per heavy atom. The van der Waals surface area contributed by atoms with Gasteiger partial charge in [-0.3, -0.25) is 0 Å². The Morgan fingerprint density at radius 2 is 1.05 bits per heavy atom. The Hall–Kier alpha value is -5.82. The molecule has 312 valence electrons. The predicted molar refractivity (Wildman–Crippen MR) is 251 cm³/mol. The highest BCUT2D eigenvalue weighted by Gasteiger charge is 2.58. The standard InChI is InChI=1S/C57H52N4O2/c1-2-16-36(17-3-1)60-47-26-12-14-28-50(47)62-52-33-32-49-55(54(52)60)63-51-29-15-13-27-48(51)61(49)56-58-46-25-11-7-21-40(46)53(59-56)35-30-31-45-41(34-35)39-20-6-10-24-44(39)57(45)42-22-8-4-18-37(42)38-19-5-9-23-43(38)57/h1-11,16-25,30-31,34,47-52,54-55H,12-15,26-29,32-33H2. The van der Waals surface area contributed by atoms with Crippen molar-refractivity contribution in [2.24, 2.45) is 0 Å². The van der Waals surface area contributed by atoms with E-state index in [-0.39, 0.29) is 48.0 Å². The number of aromatic nitrogens is 2. The van der Waals surface area contributed by atoms with Crippen LogP contribution in [0.1, 0.15) is 86.5 Å². The molecule has 6 aromatic carbocycles. The van der Waals surface area contributed by atoms with E-state index in [0.717, 1.165) is 60.2 Å². The van der Waals surface area contributed by atoms with Crippen LogP contribution in [0.3, 0.4) is 0 Å². The van der Waals surface area contributed by atoms with Crippen molar-refractivity contribution in [3.05, 3.63) is 168 Å². The summed E-state index contributed by atoms with van der Waals surface area (Å²) >= 11 is 0. The average molecular weight is 825 g/mol. The zero-order valence-corrected chi connectivity index (χ0v) is 35.7. The maximum absolute atomic E-state index is 7.51. The lowest BCUT2D eigenvalue weighted by molar-refractivity contribution is -0.171. The van der Waals surface area contributed by atoms with Gasteiger partial charge in [-0.25, -0.2) is 9.97 Å². The van der Waals surface area contributed by atoms with Crippen molar-refractivity contribution < 1.29 is 9.47 Å². The summed E-state index contributed by atoms with van der Waals surface area (Å²) in [5.74, 6) is 0.854. The van der Waals surface area contributed by atoms with Gasteiger partial charge in [0.05, 0.1) is 59.1 Å². The molecule has 3 saturated carbocycles. The number of rotatable bonds is 3. The van der Waals surface area contributed by atoms with E-state index in [1.54, 1.807) is 0 Å². The van der Waals surface area contributed by atoms with E-state index < -0.39 is 0 Å². The lowest BCUT2D eigenvalue weighted by Crippen LogP contribution is -2.75. The summed E-state index contributed by atoms with van der Waals surface area (Å²) in [6.45, 7) is 0. The second-order valence-corrected chi connectivity index (χ2v) is 19.4. The molecule has 5 aliphatic carbocycles. The van der Waals surface area contributed by atoms with Gasteiger partial charge in [-0.2, -0.15) is 0 Å². The number of benzene rings is 6. The summed E-state index contributed by atoms with van der Waals surface area (Å²) in [5, 5.41) is 1.09. The lowest BCUT2D eigenvalue weighted by Gasteiger charge is -2.62. The van der Waals surface area contributed by atoms with Crippen LogP contribution in [0.5, 0.6) is 0 Å². The van der Waals surface area contributed by atoms with Gasteiger partial charge in [-0.1, -0.05) is 147 Å². The minimum absolute atomic E-state index is 0.0189. The van der Waals surface area contributed by atoms with E-state index in [9.17, 15) is 0 Å². The van der Waals surface area contributed by atoms with Gasteiger partial charge in [0.25, 0.3) is 0 Å². The molecular weight excluding hydrogens is 773 g/mol. The fourth-order valence-electron chi connectivity index (χ4n) is 14.0. The number of fused-ring (bicyclic) bond motifs is 16. The number of nitrogens with zero attached hydrogens (tertiary/aromatic N) is 4. The van der Waals surface area contributed by atoms with Crippen LogP contribution in [0.4, 0.5) is 11.6 Å². The maximum Gasteiger partial charge on any atom is 0.227 e. The first-order chi connectivity index (χ1) is 31.3. The van der Waals surface area contributed by atoms with Crippen molar-refractivity contribution >= 4 is 22.5 Å². The van der Waals surface area contributed by atoms with E-state index in [1.807, 2.05) is 0 Å². The number of anilines is 2. The van der Waals surface area contributed by atoms with Crippen LogP contribution in [0.15, 0.2) is 146 Å². The summed E-state index contributed by atoms with van der Waals surface area (Å²) in [5.41, 5.74) is 14.8. The molecule has 5 fully saturated rings. The minimum atomic E-state index is -0.373. The monoisotopic (exact) mass is 824 g/mol. The second kappa shape index (κ2) is 14.1. The van der Waals surface area contributed by atoms with Gasteiger partial charge >= 0.3 is 0 Å². The molecule has 3 heterocycles. The van der Waals surface area contributed by atoms with E-state index in [1.165, 1.54) is 82.3 Å². The van der Waals surface area contributed by atoms with Crippen molar-refractivity contribution in [3.8, 4) is 33.5 Å². The van der Waals surface area contributed by atoms with Crippen LogP contribution in [0.2, 0.25) is 0 Å². The number of hydrogen-bond acceptors (Lipinski definition) is 6. The molecule has 0 N–H and O–H groups in total.